The van der Waals surface area contributed by atoms with Crippen LogP contribution in [0.2, 0.25) is 0 Å². The molecular formula is C21H27N7O2. The molecule has 4 unspecified atom stereocenters. The van der Waals surface area contributed by atoms with Gasteiger partial charge in [-0.15, -0.1) is 0 Å². The van der Waals surface area contributed by atoms with E-state index in [2.05, 4.69) is 43.1 Å². The highest BCUT2D eigenvalue weighted by Crippen LogP contribution is 2.45. The summed E-state index contributed by atoms with van der Waals surface area (Å²) < 4.78 is 0. The van der Waals surface area contributed by atoms with Crippen molar-refractivity contribution in [2.45, 2.75) is 45.2 Å². The summed E-state index contributed by atoms with van der Waals surface area (Å²) in [5, 5.41) is 6.82. The Labute approximate surface area is 176 Å². The van der Waals surface area contributed by atoms with Crippen LogP contribution in [0.4, 0.5) is 11.8 Å². The van der Waals surface area contributed by atoms with Crippen LogP contribution in [0.15, 0.2) is 18.3 Å². The number of carbonyl (C=O) groups excluding carboxylic acids is 2. The zero-order valence-corrected chi connectivity index (χ0v) is 17.3. The number of fused-ring (bicyclic) bond motifs is 2. The molecule has 0 spiro atoms. The summed E-state index contributed by atoms with van der Waals surface area (Å²) >= 11 is 0. The monoisotopic (exact) mass is 409 g/mol. The molecular weight excluding hydrogens is 382 g/mol. The number of aromatic nitrogens is 2. The fourth-order valence-electron chi connectivity index (χ4n) is 4.89. The van der Waals surface area contributed by atoms with Gasteiger partial charge in [-0.05, 0) is 38.0 Å². The van der Waals surface area contributed by atoms with Crippen molar-refractivity contribution >= 4 is 23.6 Å². The summed E-state index contributed by atoms with van der Waals surface area (Å²) in [4.78, 5) is 38.1. The van der Waals surface area contributed by atoms with E-state index >= 15 is 0 Å². The minimum atomic E-state index is -0.289. The van der Waals surface area contributed by atoms with E-state index in [0.717, 1.165) is 31.4 Å². The SMILES string of the molecule is [C-]#[N+]NC(=O)C1C2C=CC(C2)C1Nc1nc(N[C@H]2CCCN(C(C)=O)C2)ncc1C. The number of nitrogens with zero attached hydrogens (tertiary/aromatic N) is 4. The molecule has 2 fully saturated rings. The predicted molar refractivity (Wildman–Crippen MR) is 112 cm³/mol. The molecule has 0 radical (unpaired) electrons. The van der Waals surface area contributed by atoms with Gasteiger partial charge in [0.25, 0.3) is 5.91 Å². The van der Waals surface area contributed by atoms with Crippen molar-refractivity contribution in [3.63, 3.8) is 0 Å². The third-order valence-corrected chi connectivity index (χ3v) is 6.40. The molecule has 9 nitrogen and oxygen atoms in total. The topological polar surface area (TPSA) is 104 Å². The maximum absolute atomic E-state index is 12.5. The largest absolute Gasteiger partial charge is 0.366 e. The van der Waals surface area contributed by atoms with Crippen molar-refractivity contribution in [1.29, 1.82) is 0 Å². The number of carbonyl (C=O) groups is 2. The first-order valence-corrected chi connectivity index (χ1v) is 10.4. The maximum Gasteiger partial charge on any atom is 0.293 e. The number of piperidine rings is 1. The molecule has 5 atom stereocenters. The van der Waals surface area contributed by atoms with Gasteiger partial charge < -0.3 is 15.5 Å². The number of aryl methyl sites for hydroxylation is 1. The van der Waals surface area contributed by atoms with E-state index in [1.54, 1.807) is 13.1 Å². The van der Waals surface area contributed by atoms with Gasteiger partial charge in [-0.1, -0.05) is 17.6 Å². The number of hydrogen-bond donors (Lipinski definition) is 3. The molecule has 2 aliphatic carbocycles. The van der Waals surface area contributed by atoms with E-state index in [9.17, 15) is 9.59 Å². The molecule has 2 heterocycles. The van der Waals surface area contributed by atoms with Crippen molar-refractivity contribution < 1.29 is 9.59 Å². The number of rotatable bonds is 5. The summed E-state index contributed by atoms with van der Waals surface area (Å²) in [7, 11) is 0. The Bertz CT molecular complexity index is 909. The highest BCUT2D eigenvalue weighted by Gasteiger charge is 2.49. The number of nitrogens with one attached hydrogen (secondary N) is 3. The van der Waals surface area contributed by atoms with E-state index in [1.165, 1.54) is 0 Å². The zero-order valence-electron chi connectivity index (χ0n) is 17.3. The molecule has 2 bridgehead atoms. The van der Waals surface area contributed by atoms with Crippen LogP contribution >= 0.6 is 0 Å². The summed E-state index contributed by atoms with van der Waals surface area (Å²) in [5.41, 5.74) is 3.18. The summed E-state index contributed by atoms with van der Waals surface area (Å²) in [6, 6.07) is 0.00640. The van der Waals surface area contributed by atoms with E-state index < -0.39 is 0 Å². The minimum absolute atomic E-state index is 0.0850. The van der Waals surface area contributed by atoms with Gasteiger partial charge in [0.05, 0.1) is 5.92 Å². The first-order valence-electron chi connectivity index (χ1n) is 10.4. The third-order valence-electron chi connectivity index (χ3n) is 6.40. The Morgan fingerprint density at radius 1 is 1.27 bits per heavy atom. The van der Waals surface area contributed by atoms with Crippen molar-refractivity contribution in [2.75, 3.05) is 23.7 Å². The lowest BCUT2D eigenvalue weighted by molar-refractivity contribution is -0.130. The summed E-state index contributed by atoms with van der Waals surface area (Å²) in [6.07, 6.45) is 8.81. The Morgan fingerprint density at radius 3 is 2.83 bits per heavy atom. The molecule has 2 amide bonds. The van der Waals surface area contributed by atoms with Gasteiger partial charge in [0.1, 0.15) is 5.82 Å². The number of hydrogen-bond acceptors (Lipinski definition) is 6. The van der Waals surface area contributed by atoms with Gasteiger partial charge in [0.2, 0.25) is 11.9 Å². The quantitative estimate of drug-likeness (QED) is 0.389. The fraction of sp³-hybridized carbons (Fsp3) is 0.571. The average Bonchev–Trinajstić information content (AvgIpc) is 3.32. The number of allylic oxidation sites excluding steroid dienone is 1. The lowest BCUT2D eigenvalue weighted by Gasteiger charge is -2.32. The van der Waals surface area contributed by atoms with Crippen LogP contribution < -0.4 is 16.1 Å². The highest BCUT2D eigenvalue weighted by atomic mass is 16.2. The van der Waals surface area contributed by atoms with Crippen LogP contribution in [0.1, 0.15) is 31.7 Å². The van der Waals surface area contributed by atoms with Crippen LogP contribution in [-0.2, 0) is 9.59 Å². The molecule has 30 heavy (non-hydrogen) atoms. The van der Waals surface area contributed by atoms with Crippen LogP contribution in [0, 0.1) is 31.2 Å². The molecule has 3 N–H and O–H groups in total. The van der Waals surface area contributed by atoms with Crippen LogP contribution in [0.25, 0.3) is 4.95 Å². The van der Waals surface area contributed by atoms with Crippen molar-refractivity contribution in [1.82, 2.24) is 20.3 Å². The Morgan fingerprint density at radius 2 is 2.07 bits per heavy atom. The number of amides is 2. The van der Waals surface area contributed by atoms with Crippen LogP contribution in [0.5, 0.6) is 0 Å². The van der Waals surface area contributed by atoms with Gasteiger partial charge in [0, 0.05) is 43.9 Å². The molecule has 1 aromatic rings. The predicted octanol–water partition coefficient (Wildman–Crippen LogP) is 1.76. The fourth-order valence-corrected chi connectivity index (χ4v) is 4.89. The highest BCUT2D eigenvalue weighted by molar-refractivity contribution is 5.82. The van der Waals surface area contributed by atoms with E-state index in [4.69, 9.17) is 6.57 Å². The lowest BCUT2D eigenvalue weighted by atomic mass is 9.88. The second kappa shape index (κ2) is 8.30. The summed E-state index contributed by atoms with van der Waals surface area (Å²) in [5.74, 6) is 1.15. The number of likely N-dealkylation sites (tertiary alicyclic amines) is 1. The Balaban J connectivity index is 1.48. The minimum Gasteiger partial charge on any atom is -0.366 e. The Kier molecular flexibility index (Phi) is 5.57. The second-order valence-electron chi connectivity index (χ2n) is 8.41. The van der Waals surface area contributed by atoms with Gasteiger partial charge in [-0.25, -0.2) is 4.98 Å². The van der Waals surface area contributed by atoms with Gasteiger partial charge in [0.15, 0.2) is 0 Å². The van der Waals surface area contributed by atoms with Crippen molar-refractivity contribution in [2.24, 2.45) is 17.8 Å². The zero-order chi connectivity index (χ0) is 21.3. The van der Waals surface area contributed by atoms with E-state index in [0.29, 0.717) is 18.3 Å². The molecule has 1 saturated heterocycles. The first-order chi connectivity index (χ1) is 14.5. The van der Waals surface area contributed by atoms with E-state index in [1.807, 2.05) is 11.8 Å². The molecule has 9 heteroatoms. The second-order valence-corrected chi connectivity index (χ2v) is 8.41. The smallest absolute Gasteiger partial charge is 0.293 e. The van der Waals surface area contributed by atoms with Crippen molar-refractivity contribution in [3.8, 4) is 0 Å². The molecule has 158 valence electrons. The molecule has 1 saturated carbocycles. The Hall–Kier alpha value is -3.15. The molecule has 0 aromatic carbocycles. The van der Waals surface area contributed by atoms with Gasteiger partial charge in [-0.3, -0.25) is 9.59 Å². The lowest BCUT2D eigenvalue weighted by Crippen LogP contribution is -2.44. The average molecular weight is 409 g/mol. The third kappa shape index (κ3) is 3.95. The normalized spacial score (nSPS) is 29.4. The molecule has 1 aliphatic heterocycles. The summed E-state index contributed by atoms with van der Waals surface area (Å²) in [6.45, 7) is 11.9. The molecule has 3 aliphatic rings. The van der Waals surface area contributed by atoms with Crippen LogP contribution in [-0.4, -0.2) is 51.9 Å². The van der Waals surface area contributed by atoms with Crippen LogP contribution in [0.3, 0.4) is 0 Å². The molecule has 1 aromatic heterocycles. The van der Waals surface area contributed by atoms with Gasteiger partial charge >= 0.3 is 0 Å². The van der Waals surface area contributed by atoms with E-state index in [-0.39, 0.29) is 41.7 Å². The van der Waals surface area contributed by atoms with Gasteiger partial charge in [-0.2, -0.15) is 16.5 Å². The molecule has 4 rings (SSSR count). The van der Waals surface area contributed by atoms with Crippen molar-refractivity contribution in [3.05, 3.63) is 35.4 Å². The maximum atomic E-state index is 12.5. The standard InChI is InChI=1S/C21H27N7O2/c1-12-10-23-21(24-16-5-4-8-28(11-16)13(2)29)26-19(12)25-18-15-7-6-14(9-15)17(18)20(30)27-22-3/h6-7,10,14-18H,4-5,8-9,11H2,1-2H3,(H,27,30)(H2,23,24,25,26)/t14?,15?,16-,17?,18?/m0/s1. The number of anilines is 2. The first kappa shape index (κ1) is 20.1.